The molecule has 3 aromatic carbocycles. The van der Waals surface area contributed by atoms with Gasteiger partial charge in [-0.25, -0.2) is 5.32 Å². The first kappa shape index (κ1) is 19.8. The van der Waals surface area contributed by atoms with Crippen LogP contribution in [0.4, 0.5) is 16.5 Å². The number of rotatable bonds is 5. The Balaban J connectivity index is 1.83. The van der Waals surface area contributed by atoms with E-state index in [4.69, 9.17) is 0 Å². The van der Waals surface area contributed by atoms with Gasteiger partial charge < -0.3 is 0 Å². The molecule has 0 atom stereocenters. The van der Waals surface area contributed by atoms with Crippen LogP contribution in [0.25, 0.3) is 16.9 Å². The molecule has 0 unspecified atom stereocenters. The van der Waals surface area contributed by atoms with E-state index in [2.05, 4.69) is 41.7 Å². The van der Waals surface area contributed by atoms with E-state index in [1.54, 1.807) is 23.5 Å². The van der Waals surface area contributed by atoms with Gasteiger partial charge in [-0.3, -0.25) is 10.1 Å². The minimum Gasteiger partial charge on any atom is -0.258 e. The summed E-state index contributed by atoms with van der Waals surface area (Å²) in [5.74, 6) is 0. The van der Waals surface area contributed by atoms with Gasteiger partial charge in [-0.05, 0) is 48.5 Å². The zero-order valence-electron chi connectivity index (χ0n) is 14.9. The van der Waals surface area contributed by atoms with Gasteiger partial charge in [-0.2, -0.15) is 4.57 Å². The predicted octanol–water partition coefficient (Wildman–Crippen LogP) is 6.87. The molecule has 0 saturated carbocycles. The smallest absolute Gasteiger partial charge is 0.258 e. The fourth-order valence-electron chi connectivity index (χ4n) is 2.92. The summed E-state index contributed by atoms with van der Waals surface area (Å²) in [5.41, 5.74) is 3.85. The minimum atomic E-state index is -0.389. The van der Waals surface area contributed by atoms with Gasteiger partial charge in [0.15, 0.2) is 5.69 Å². The molecule has 4 rings (SSSR count). The summed E-state index contributed by atoms with van der Waals surface area (Å²) >= 11 is 8.62. The molecule has 0 fully saturated rings. The number of nitro groups is 1. The second kappa shape index (κ2) is 8.44. The Morgan fingerprint density at radius 3 is 2.28 bits per heavy atom. The maximum atomic E-state index is 11.0. The van der Waals surface area contributed by atoms with Crippen LogP contribution in [-0.4, -0.2) is 4.92 Å². The van der Waals surface area contributed by atoms with E-state index >= 15 is 0 Å². The summed E-state index contributed by atoms with van der Waals surface area (Å²) in [5, 5.41) is 17.4. The number of aromatic nitrogens is 1. The quantitative estimate of drug-likeness (QED) is 0.174. The molecule has 4 aromatic rings. The molecule has 1 N–H and O–H groups in total. The lowest BCUT2D eigenvalue weighted by Gasteiger charge is -2.07. The van der Waals surface area contributed by atoms with Gasteiger partial charge in [0.2, 0.25) is 0 Å². The van der Waals surface area contributed by atoms with Gasteiger partial charge in [0.1, 0.15) is 11.4 Å². The number of thiazole rings is 1. The molecule has 0 saturated heterocycles. The molecule has 1 aromatic heterocycles. The number of hydrogen-bond donors (Lipinski definition) is 1. The van der Waals surface area contributed by atoms with Crippen LogP contribution < -0.4 is 9.88 Å². The van der Waals surface area contributed by atoms with Crippen LogP contribution in [0.15, 0.2) is 87.1 Å². The first-order chi connectivity index (χ1) is 14.0. The van der Waals surface area contributed by atoms with Crippen LogP contribution in [0, 0.1) is 10.1 Å². The second-order valence-electron chi connectivity index (χ2n) is 6.18. The van der Waals surface area contributed by atoms with Crippen LogP contribution in [-0.2, 0) is 0 Å². The SMILES string of the molecule is O=[N+]([O-])c1ccc(-c2csc(Nc3cccc(Br)c3)[n+]2-c2cccc(Br)c2)cc1. The van der Waals surface area contributed by atoms with Crippen molar-refractivity contribution in [3.8, 4) is 16.9 Å². The maximum Gasteiger partial charge on any atom is 0.344 e. The van der Waals surface area contributed by atoms with Crippen LogP contribution in [0.1, 0.15) is 0 Å². The van der Waals surface area contributed by atoms with Gasteiger partial charge in [0.05, 0.1) is 4.92 Å². The number of non-ortho nitro benzene ring substituents is 1. The topological polar surface area (TPSA) is 59.1 Å². The lowest BCUT2D eigenvalue weighted by atomic mass is 10.1. The first-order valence-corrected chi connectivity index (χ1v) is 11.0. The average Bonchev–Trinajstić information content (AvgIpc) is 3.11. The highest BCUT2D eigenvalue weighted by Gasteiger charge is 2.22. The van der Waals surface area contributed by atoms with E-state index in [1.165, 1.54) is 12.1 Å². The van der Waals surface area contributed by atoms with E-state index < -0.39 is 0 Å². The minimum absolute atomic E-state index is 0.0745. The number of halogens is 2. The molecule has 8 heteroatoms. The number of nitrogens with zero attached hydrogens (tertiary/aromatic N) is 2. The fraction of sp³-hybridized carbons (Fsp3) is 0. The van der Waals surface area contributed by atoms with Gasteiger partial charge in [0, 0.05) is 32.0 Å². The van der Waals surface area contributed by atoms with Crippen molar-refractivity contribution in [3.63, 3.8) is 0 Å². The highest BCUT2D eigenvalue weighted by atomic mass is 79.9. The number of hydrogen-bond acceptors (Lipinski definition) is 4. The summed E-state index contributed by atoms with van der Waals surface area (Å²) < 4.78 is 4.07. The van der Waals surface area contributed by atoms with E-state index in [1.807, 2.05) is 53.9 Å². The summed E-state index contributed by atoms with van der Waals surface area (Å²) in [7, 11) is 0. The third-order valence-corrected chi connectivity index (χ3v) is 6.08. The third-order valence-electron chi connectivity index (χ3n) is 4.24. The third kappa shape index (κ3) is 4.39. The van der Waals surface area contributed by atoms with Gasteiger partial charge >= 0.3 is 5.13 Å². The van der Waals surface area contributed by atoms with Crippen LogP contribution >= 0.6 is 43.2 Å². The molecular weight excluding hydrogens is 518 g/mol. The molecule has 5 nitrogen and oxygen atoms in total. The van der Waals surface area contributed by atoms with E-state index in [9.17, 15) is 10.1 Å². The Hall–Kier alpha value is -2.55. The Bertz CT molecular complexity index is 1190. The van der Waals surface area contributed by atoms with Crippen molar-refractivity contribution >= 4 is 59.7 Å². The van der Waals surface area contributed by atoms with E-state index in [-0.39, 0.29) is 10.6 Å². The summed E-state index contributed by atoms with van der Waals surface area (Å²) in [6.07, 6.45) is 0. The van der Waals surface area contributed by atoms with Gasteiger partial charge in [0.25, 0.3) is 5.69 Å². The monoisotopic (exact) mass is 530 g/mol. The van der Waals surface area contributed by atoms with Crippen molar-refractivity contribution in [3.05, 3.63) is 97.2 Å². The number of benzene rings is 3. The molecule has 0 aliphatic heterocycles. The lowest BCUT2D eigenvalue weighted by Crippen LogP contribution is -2.33. The fourth-order valence-corrected chi connectivity index (χ4v) is 4.66. The number of anilines is 2. The van der Waals surface area contributed by atoms with E-state index in [0.717, 1.165) is 36.7 Å². The molecule has 0 bridgehead atoms. The summed E-state index contributed by atoms with van der Waals surface area (Å²) in [4.78, 5) is 10.6. The predicted molar refractivity (Wildman–Crippen MR) is 123 cm³/mol. The number of nitrogens with one attached hydrogen (secondary N) is 1. The number of nitro benzene ring substituents is 1. The van der Waals surface area contributed by atoms with E-state index in [0.29, 0.717) is 0 Å². The Kier molecular flexibility index (Phi) is 5.75. The molecule has 0 amide bonds. The zero-order chi connectivity index (χ0) is 20.4. The normalized spacial score (nSPS) is 10.7. The Morgan fingerprint density at radius 2 is 1.62 bits per heavy atom. The van der Waals surface area contributed by atoms with Crippen molar-refractivity contribution in [2.45, 2.75) is 0 Å². The van der Waals surface area contributed by atoms with Crippen molar-refractivity contribution in [2.75, 3.05) is 5.32 Å². The molecule has 29 heavy (non-hydrogen) atoms. The summed E-state index contributed by atoms with van der Waals surface area (Å²) in [6, 6.07) is 22.6. The van der Waals surface area contributed by atoms with Gasteiger partial charge in [-0.15, -0.1) is 0 Å². The Morgan fingerprint density at radius 1 is 0.931 bits per heavy atom. The highest BCUT2D eigenvalue weighted by molar-refractivity contribution is 9.10. The lowest BCUT2D eigenvalue weighted by molar-refractivity contribution is -0.563. The molecule has 144 valence electrons. The average molecular weight is 532 g/mol. The first-order valence-electron chi connectivity index (χ1n) is 8.58. The van der Waals surface area contributed by atoms with Crippen molar-refractivity contribution in [2.24, 2.45) is 0 Å². The van der Waals surface area contributed by atoms with Crippen LogP contribution in [0.3, 0.4) is 0 Å². The molecular formula is C21H14Br2N3O2S+. The zero-order valence-corrected chi connectivity index (χ0v) is 18.9. The molecule has 0 spiro atoms. The van der Waals surface area contributed by atoms with Crippen molar-refractivity contribution in [1.29, 1.82) is 0 Å². The molecule has 0 radical (unpaired) electrons. The largest absolute Gasteiger partial charge is 0.344 e. The standard InChI is InChI=1S/C21H13Br2N3O2S/c22-15-3-1-5-17(11-15)24-21-25(19-6-2-4-16(23)12-19)20(13-29-21)14-7-9-18(10-8-14)26(27)28/h1-13H/p+1. The van der Waals surface area contributed by atoms with Crippen LogP contribution in [0.2, 0.25) is 0 Å². The van der Waals surface area contributed by atoms with Crippen molar-refractivity contribution in [1.82, 2.24) is 0 Å². The molecule has 1 heterocycles. The maximum absolute atomic E-state index is 11.0. The van der Waals surface area contributed by atoms with Gasteiger partial charge in [-0.1, -0.05) is 55.3 Å². The summed E-state index contributed by atoms with van der Waals surface area (Å²) in [6.45, 7) is 0. The molecule has 0 aliphatic rings. The highest BCUT2D eigenvalue weighted by Crippen LogP contribution is 2.30. The molecule has 0 aliphatic carbocycles. The van der Waals surface area contributed by atoms with Crippen LogP contribution in [0.5, 0.6) is 0 Å². The van der Waals surface area contributed by atoms with Crippen molar-refractivity contribution < 1.29 is 9.49 Å². The second-order valence-corrected chi connectivity index (χ2v) is 8.87. The Labute approximate surface area is 188 Å².